The fraction of sp³-hybridized carbons (Fsp3) is 0.333. The normalized spacial score (nSPS) is 11.2. The van der Waals surface area contributed by atoms with E-state index in [-0.39, 0.29) is 15.5 Å². The van der Waals surface area contributed by atoms with Crippen molar-refractivity contribution in [2.45, 2.75) is 11.8 Å². The zero-order valence-corrected chi connectivity index (χ0v) is 12.5. The van der Waals surface area contributed by atoms with Crippen molar-refractivity contribution >= 4 is 33.3 Å². The van der Waals surface area contributed by atoms with E-state index in [1.807, 2.05) is 0 Å². The zero-order valence-electron chi connectivity index (χ0n) is 11.0. The lowest BCUT2D eigenvalue weighted by molar-refractivity contribution is -0.126. The minimum Gasteiger partial charge on any atom is -0.478 e. The Morgan fingerprint density at radius 2 is 1.95 bits per heavy atom. The summed E-state index contributed by atoms with van der Waals surface area (Å²) in [7, 11) is -2.35. The third kappa shape index (κ3) is 3.71. The number of halogens is 1. The molecule has 0 aromatic heterocycles. The van der Waals surface area contributed by atoms with Crippen molar-refractivity contribution < 1.29 is 23.1 Å². The molecule has 1 aromatic carbocycles. The first kappa shape index (κ1) is 16.5. The number of hydrogen-bond donors (Lipinski definition) is 1. The summed E-state index contributed by atoms with van der Waals surface area (Å²) in [6.45, 7) is 2.12. The number of hydrogen-bond acceptors (Lipinski definition) is 4. The lowest BCUT2D eigenvalue weighted by atomic mass is 10.2. The number of carboxylic acids is 1. The number of benzene rings is 1. The highest BCUT2D eigenvalue weighted by molar-refractivity contribution is 7.92. The smallest absolute Gasteiger partial charge is 0.337 e. The molecule has 0 atom stereocenters. The molecule has 6 nitrogen and oxygen atoms in total. The number of amides is 1. The number of carbonyl (C=O) groups is 2. The van der Waals surface area contributed by atoms with Crippen molar-refractivity contribution in [3.8, 4) is 0 Å². The monoisotopic (exact) mass is 319 g/mol. The van der Waals surface area contributed by atoms with Gasteiger partial charge in [-0.25, -0.2) is 13.2 Å². The molecule has 0 aliphatic rings. The van der Waals surface area contributed by atoms with Crippen LogP contribution in [0.2, 0.25) is 5.02 Å². The fourth-order valence-corrected chi connectivity index (χ4v) is 3.01. The molecule has 8 heteroatoms. The van der Waals surface area contributed by atoms with E-state index in [9.17, 15) is 18.0 Å². The Morgan fingerprint density at radius 3 is 2.40 bits per heavy atom. The molecular weight excluding hydrogens is 306 g/mol. The lowest BCUT2D eigenvalue weighted by Gasteiger charge is -2.14. The van der Waals surface area contributed by atoms with E-state index < -0.39 is 27.5 Å². The van der Waals surface area contributed by atoms with Gasteiger partial charge in [0.15, 0.2) is 9.84 Å². The van der Waals surface area contributed by atoms with Crippen molar-refractivity contribution in [1.82, 2.24) is 4.90 Å². The molecule has 0 saturated heterocycles. The molecule has 1 amide bonds. The van der Waals surface area contributed by atoms with Gasteiger partial charge in [0.2, 0.25) is 5.91 Å². The van der Waals surface area contributed by atoms with Gasteiger partial charge >= 0.3 is 5.97 Å². The number of rotatable bonds is 5. The first-order valence-corrected chi connectivity index (χ1v) is 7.71. The number of aromatic carboxylic acids is 1. The van der Waals surface area contributed by atoms with Crippen molar-refractivity contribution in [2.24, 2.45) is 0 Å². The Labute approximate surface area is 121 Å². The highest BCUT2D eigenvalue weighted by Crippen LogP contribution is 2.22. The molecule has 0 fully saturated rings. The third-order valence-corrected chi connectivity index (χ3v) is 4.66. The summed E-state index contributed by atoms with van der Waals surface area (Å²) in [6.07, 6.45) is 0. The molecule has 0 aliphatic heterocycles. The van der Waals surface area contributed by atoms with Gasteiger partial charge in [-0.3, -0.25) is 4.79 Å². The van der Waals surface area contributed by atoms with Crippen LogP contribution in [0.3, 0.4) is 0 Å². The Kier molecular flexibility index (Phi) is 5.13. The van der Waals surface area contributed by atoms with Gasteiger partial charge < -0.3 is 10.0 Å². The predicted molar refractivity (Wildman–Crippen MR) is 73.8 cm³/mol. The van der Waals surface area contributed by atoms with Crippen LogP contribution in [-0.4, -0.2) is 49.6 Å². The van der Waals surface area contributed by atoms with Gasteiger partial charge in [-0.05, 0) is 25.1 Å². The second-order valence-electron chi connectivity index (χ2n) is 4.11. The molecule has 1 rings (SSSR count). The van der Waals surface area contributed by atoms with Gasteiger partial charge in [-0.1, -0.05) is 11.6 Å². The molecule has 0 saturated carbocycles. The average molecular weight is 320 g/mol. The lowest BCUT2D eigenvalue weighted by Crippen LogP contribution is -2.32. The third-order valence-electron chi connectivity index (χ3n) is 2.74. The van der Waals surface area contributed by atoms with Crippen LogP contribution in [0.15, 0.2) is 23.1 Å². The average Bonchev–Trinajstić information content (AvgIpc) is 2.36. The van der Waals surface area contributed by atoms with Crippen molar-refractivity contribution in [3.63, 3.8) is 0 Å². The molecule has 1 aromatic rings. The van der Waals surface area contributed by atoms with Crippen LogP contribution in [0.1, 0.15) is 17.3 Å². The SMILES string of the molecule is CCN(C)C(=O)CS(=O)(=O)c1ccc(C(=O)O)c(Cl)c1. The zero-order chi connectivity index (χ0) is 15.5. The van der Waals surface area contributed by atoms with Crippen LogP contribution < -0.4 is 0 Å². The highest BCUT2D eigenvalue weighted by atomic mass is 35.5. The van der Waals surface area contributed by atoms with E-state index in [2.05, 4.69) is 0 Å². The number of nitrogens with zero attached hydrogens (tertiary/aromatic N) is 1. The Morgan fingerprint density at radius 1 is 1.35 bits per heavy atom. The fourth-order valence-electron chi connectivity index (χ4n) is 1.40. The highest BCUT2D eigenvalue weighted by Gasteiger charge is 2.22. The maximum atomic E-state index is 12.0. The Balaban J connectivity index is 3.08. The van der Waals surface area contributed by atoms with Crippen LogP contribution in [0, 0.1) is 0 Å². The van der Waals surface area contributed by atoms with Gasteiger partial charge in [-0.2, -0.15) is 0 Å². The summed E-state index contributed by atoms with van der Waals surface area (Å²) < 4.78 is 24.1. The van der Waals surface area contributed by atoms with E-state index >= 15 is 0 Å². The van der Waals surface area contributed by atoms with Crippen molar-refractivity contribution in [1.29, 1.82) is 0 Å². The van der Waals surface area contributed by atoms with E-state index in [0.717, 1.165) is 18.2 Å². The first-order chi connectivity index (χ1) is 9.19. The summed E-state index contributed by atoms with van der Waals surface area (Å²) in [5.41, 5.74) is -0.192. The second-order valence-corrected chi connectivity index (χ2v) is 6.51. The topological polar surface area (TPSA) is 91.8 Å². The second kappa shape index (κ2) is 6.23. The summed E-state index contributed by atoms with van der Waals surface area (Å²) in [5, 5.41) is 8.63. The van der Waals surface area contributed by atoms with E-state index in [0.29, 0.717) is 6.54 Å². The minimum absolute atomic E-state index is 0.176. The van der Waals surface area contributed by atoms with E-state index in [4.69, 9.17) is 16.7 Å². The molecule has 0 unspecified atom stereocenters. The molecule has 0 radical (unpaired) electrons. The first-order valence-electron chi connectivity index (χ1n) is 5.68. The molecule has 0 aliphatic carbocycles. The van der Waals surface area contributed by atoms with Gasteiger partial charge in [0.05, 0.1) is 15.5 Å². The van der Waals surface area contributed by atoms with Crippen molar-refractivity contribution in [3.05, 3.63) is 28.8 Å². The summed E-state index contributed by atoms with van der Waals surface area (Å²) >= 11 is 5.72. The van der Waals surface area contributed by atoms with Gasteiger partial charge in [0.25, 0.3) is 0 Å². The van der Waals surface area contributed by atoms with Crippen LogP contribution in [0.4, 0.5) is 0 Å². The molecule has 0 heterocycles. The van der Waals surface area contributed by atoms with E-state index in [1.54, 1.807) is 6.92 Å². The summed E-state index contributed by atoms with van der Waals surface area (Å²) in [5.74, 6) is -2.47. The van der Waals surface area contributed by atoms with Gasteiger partial charge in [-0.15, -0.1) is 0 Å². The minimum atomic E-state index is -3.85. The summed E-state index contributed by atoms with van der Waals surface area (Å²) in [6, 6.07) is 3.27. The van der Waals surface area contributed by atoms with Crippen LogP contribution in [0.5, 0.6) is 0 Å². The van der Waals surface area contributed by atoms with Crippen LogP contribution in [0.25, 0.3) is 0 Å². The van der Waals surface area contributed by atoms with Crippen molar-refractivity contribution in [2.75, 3.05) is 19.3 Å². The maximum absolute atomic E-state index is 12.0. The van der Waals surface area contributed by atoms with Gasteiger partial charge in [0, 0.05) is 13.6 Å². The van der Waals surface area contributed by atoms with Crippen LogP contribution in [-0.2, 0) is 14.6 Å². The number of sulfone groups is 1. The van der Waals surface area contributed by atoms with Gasteiger partial charge in [0.1, 0.15) is 5.75 Å². The largest absolute Gasteiger partial charge is 0.478 e. The maximum Gasteiger partial charge on any atom is 0.337 e. The Hall–Kier alpha value is -1.60. The molecule has 0 spiro atoms. The quantitative estimate of drug-likeness (QED) is 0.883. The number of carboxylic acid groups (broad SMARTS) is 1. The molecule has 110 valence electrons. The van der Waals surface area contributed by atoms with Crippen LogP contribution >= 0.6 is 11.6 Å². The molecule has 0 bridgehead atoms. The molecular formula is C12H14ClNO5S. The summed E-state index contributed by atoms with van der Waals surface area (Å²) in [4.78, 5) is 23.5. The Bertz CT molecular complexity index is 641. The standard InChI is InChI=1S/C12H14ClNO5S/c1-3-14(2)11(15)7-20(18,19)8-4-5-9(12(16)17)10(13)6-8/h4-6H,3,7H2,1-2H3,(H,16,17). The number of carbonyl (C=O) groups excluding carboxylic acids is 1. The molecule has 20 heavy (non-hydrogen) atoms. The molecule has 1 N–H and O–H groups in total. The van der Waals surface area contributed by atoms with E-state index in [1.165, 1.54) is 11.9 Å². The predicted octanol–water partition coefficient (Wildman–Crippen LogP) is 1.29.